The minimum absolute atomic E-state index is 0. The third kappa shape index (κ3) is 227. The van der Waals surface area contributed by atoms with Gasteiger partial charge in [0.25, 0.3) is 0 Å². The van der Waals surface area contributed by atoms with Crippen molar-refractivity contribution in [3.8, 4) is 0 Å². The Hall–Kier alpha value is 6.85. The van der Waals surface area contributed by atoms with Gasteiger partial charge in [0, 0.05) is 63.2 Å². The van der Waals surface area contributed by atoms with E-state index in [2.05, 4.69) is 93.4 Å². The van der Waals surface area contributed by atoms with E-state index < -0.39 is 0 Å². The van der Waals surface area contributed by atoms with Gasteiger partial charge in [-0.15, -0.1) is 6.42 Å². The topological polar surface area (TPSA) is 156 Å². The molecule has 6 rings (SSSR count). The summed E-state index contributed by atoms with van der Waals surface area (Å²) in [4.78, 5) is 49.0. The summed E-state index contributed by atoms with van der Waals surface area (Å²) >= 11 is 0. The Morgan fingerprint density at radius 3 is 0.792 bits per heavy atom. The van der Waals surface area contributed by atoms with E-state index in [4.69, 9.17) is 19.8 Å². The van der Waals surface area contributed by atoms with Gasteiger partial charge in [-0.25, -0.2) is 0 Å². The van der Waals surface area contributed by atoms with E-state index in [9.17, 15) is 14.4 Å². The summed E-state index contributed by atoms with van der Waals surface area (Å²) in [5.41, 5.74) is 0. The molecule has 0 aromatic rings. The first-order valence-electron chi connectivity index (χ1n) is 17.4. The monoisotopic (exact) mass is 2340 g/mol. The van der Waals surface area contributed by atoms with Crippen LogP contribution < -0.4 is 10.6 Å². The third-order valence-corrected chi connectivity index (χ3v) is 6.16. The van der Waals surface area contributed by atoms with E-state index in [1.54, 1.807) is 22.6 Å². The molecule has 5 unspecified atom stereocenters. The molecule has 0 spiro atoms. The van der Waals surface area contributed by atoms with Crippen molar-refractivity contribution >= 4 is 69.0 Å². The summed E-state index contributed by atoms with van der Waals surface area (Å²) in [6.45, 7) is 31.8. The average molecular weight is 2340 g/mol. The van der Waals surface area contributed by atoms with Gasteiger partial charge < -0.3 is 161 Å². The van der Waals surface area contributed by atoms with Crippen molar-refractivity contribution in [2.45, 2.75) is 96.3 Å². The molecule has 4 aliphatic heterocycles. The van der Waals surface area contributed by atoms with Crippen LogP contribution in [0.4, 0.5) is 0 Å². The van der Waals surface area contributed by atoms with Crippen molar-refractivity contribution in [3.05, 3.63) is 155 Å². The first-order valence-corrected chi connectivity index (χ1v) is 20.1. The van der Waals surface area contributed by atoms with Gasteiger partial charge in [0.1, 0.15) is 0 Å². The molecule has 77 heavy (non-hydrogen) atoms. The molecule has 2 amide bonds. The molecule has 5 atom stereocenters. The maximum atomic E-state index is 9.85. The number of nitrogens with zero attached hydrogens (tertiary/aromatic N) is 2. The molecule has 4 saturated heterocycles. The summed E-state index contributed by atoms with van der Waals surface area (Å²) in [5.74, 6) is 5.83. The van der Waals surface area contributed by atoms with E-state index >= 15 is 0 Å². The second kappa shape index (κ2) is 206. The molecule has 0 aromatic carbocycles. The summed E-state index contributed by atoms with van der Waals surface area (Å²) in [6.07, 6.45) is 28.4. The zero-order valence-corrected chi connectivity index (χ0v) is 78.7. The van der Waals surface area contributed by atoms with Gasteiger partial charge in [0.05, 0.1) is 0 Å². The predicted octanol–water partition coefficient (Wildman–Crippen LogP) is 11.0. The number of hydrogen-bond donors (Lipinski definition) is 4. The Bertz CT molecular complexity index is 703. The van der Waals surface area contributed by atoms with Crippen molar-refractivity contribution in [3.63, 3.8) is 0 Å². The molecule has 6 aliphatic rings. The quantitative estimate of drug-likeness (QED) is 0.160. The van der Waals surface area contributed by atoms with E-state index in [1.165, 1.54) is 94.1 Å². The van der Waals surface area contributed by atoms with Crippen LogP contribution in [0.25, 0.3) is 0 Å². The Balaban J connectivity index is -0.0000000119. The van der Waals surface area contributed by atoms with Crippen LogP contribution in [0.15, 0.2) is 23.3 Å². The molecule has 0 bridgehead atoms. The first-order chi connectivity index (χ1) is 26.3. The third-order valence-electron chi connectivity index (χ3n) is 6.16. The van der Waals surface area contributed by atoms with Crippen LogP contribution in [0, 0.1) is 138 Å². The molecular formula is C48H92N4O7P4V9W5-2. The normalized spacial score (nSPS) is 12.1. The van der Waals surface area contributed by atoms with Gasteiger partial charge in [-0.05, 0) is 26.2 Å². The van der Waals surface area contributed by atoms with Gasteiger partial charge in [0.2, 0.25) is 0 Å². The van der Waals surface area contributed by atoms with Crippen molar-refractivity contribution < 1.29 is 307 Å². The standard InChI is InChI=1S/C6H8O.2C5H7NO.C5H9.2C4H8N.4C2H4P.2CHO2.9CH3.9V.5W/c3*7-5-6-3-1-2-4-6;3*1-2-4-5-3-1;4*1-2-3;2*2-1-3;;;;;;;;;;;;;;;;;;;;;;;/h3,6H,1-2,4H2;2*3H,1-2,4H2;1H,2-5H2;2*3,5H,1-2,4H2;4*1-2H,3H2;2*(H,2,3);9*1H3;;;;;;;;;;;;;;/q3*-2;18*-1;9*+2;;;;2*+2. The Labute approximate surface area is 670 Å². The fourth-order valence-corrected chi connectivity index (χ4v) is 3.99. The van der Waals surface area contributed by atoms with E-state index in [-0.39, 0.29) is 345 Å². The van der Waals surface area contributed by atoms with Crippen molar-refractivity contribution in [1.82, 2.24) is 20.4 Å². The molecule has 4 heterocycles. The molecular weight excluding hydrogens is 2250 g/mol. The second-order valence-corrected chi connectivity index (χ2v) is 11.8. The summed E-state index contributed by atoms with van der Waals surface area (Å²) in [5, 5.41) is 19.7. The largest absolute Gasteiger partial charge is 2.00 e. The van der Waals surface area contributed by atoms with Crippen LogP contribution in [0.1, 0.15) is 96.3 Å². The molecule has 0 aromatic heterocycles. The minimum Gasteiger partial charge on any atom is -0.666 e. The number of nitrogens with one attached hydrogen (secondary N) is 2. The van der Waals surface area contributed by atoms with Crippen LogP contribution in [-0.4, -0.2) is 78.2 Å². The molecule has 11 nitrogen and oxygen atoms in total. The van der Waals surface area contributed by atoms with Gasteiger partial charge >= 0.3 is 209 Å². The molecule has 2 aliphatic carbocycles. The fraction of sp³-hybridized carbons (Fsp3) is 0.417. The van der Waals surface area contributed by atoms with Crippen LogP contribution in [-0.2, 0) is 296 Å². The number of rotatable bonds is 3. The Morgan fingerprint density at radius 2 is 0.714 bits per heavy atom. The van der Waals surface area contributed by atoms with Crippen molar-refractivity contribution in [2.24, 2.45) is 5.92 Å². The predicted molar refractivity (Wildman–Crippen MR) is 294 cm³/mol. The maximum absolute atomic E-state index is 9.85. The Kier molecular flexibility index (Phi) is 513. The van der Waals surface area contributed by atoms with Crippen molar-refractivity contribution in [2.75, 3.05) is 26.2 Å². The van der Waals surface area contributed by atoms with E-state index in [0.717, 1.165) is 51.6 Å². The molecule has 29 heteroatoms. The van der Waals surface area contributed by atoms with Crippen LogP contribution in [0.3, 0.4) is 0 Å². The number of likely N-dealkylation sites (tertiary alicyclic amines) is 2. The maximum Gasteiger partial charge on any atom is 2.00 e. The zero-order valence-electron chi connectivity index (χ0n) is 46.8. The van der Waals surface area contributed by atoms with Crippen LogP contribution >= 0.6 is 37.0 Å². The van der Waals surface area contributed by atoms with Gasteiger partial charge in [0.15, 0.2) is 0 Å². The van der Waals surface area contributed by atoms with E-state index in [0.29, 0.717) is 12.9 Å². The van der Waals surface area contributed by atoms with Gasteiger partial charge in [-0.3, -0.25) is 61.7 Å². The molecule has 443 valence electrons. The van der Waals surface area contributed by atoms with Crippen molar-refractivity contribution in [1.29, 1.82) is 0 Å². The molecule has 4 N–H and O–H groups in total. The smallest absolute Gasteiger partial charge is 0.666 e. The second-order valence-electron chi connectivity index (χ2n) is 10.2. The molecule has 9 radical (unpaired) electrons. The molecule has 2 saturated carbocycles. The SMILES string of the molecule is O=[C-]C1[CH-]CCC1.O=[C-]N1[CH-]CCC1.O=[C-]N1[CH-]CCC1.O=[C-]O.O=[C-]O.[CH-]1CCCC1.[CH-]1CCCN1.[CH-]1CCCN1.[CH-]=CP.[CH-]=CP.[CH-]=CP.[CH-]=CP.[CH3-].[CH3-].[CH3-].[CH3-].[CH3-].[CH3-].[CH3-].[CH3-].[CH3-].[V+2].[V+2].[V+2].[V+2].[V+2].[V+2].[V+2].[V+2].[V+2].[W+2].[W+2].[W].[W].[W]. The summed E-state index contributed by atoms with van der Waals surface area (Å²) < 4.78 is 0. The van der Waals surface area contributed by atoms with Gasteiger partial charge in [-0.2, -0.15) is 94.7 Å². The number of amides is 2. The fourth-order valence-electron chi connectivity index (χ4n) is 3.99. The van der Waals surface area contributed by atoms with Crippen LogP contribution in [0.2, 0.25) is 0 Å². The van der Waals surface area contributed by atoms with Crippen LogP contribution in [0.5, 0.6) is 0 Å². The summed E-state index contributed by atoms with van der Waals surface area (Å²) in [7, 11) is 8.93. The average Bonchev–Trinajstić information content (AvgIpc) is 4.05. The number of hydrogen-bond acceptors (Lipinski definition) is 7. The van der Waals surface area contributed by atoms with Gasteiger partial charge in [-0.1, -0.05) is 57.9 Å². The van der Waals surface area contributed by atoms with E-state index in [1.807, 2.05) is 25.8 Å². The molecule has 6 fully saturated rings. The first kappa shape index (κ1) is 191. The minimum atomic E-state index is 0. The zero-order chi connectivity index (χ0) is 42.2. The Morgan fingerprint density at radius 1 is 0.455 bits per heavy atom. The number of aliphatic hydroxyl groups excluding tert-OH is 2. The number of carbonyl (C=O) groups excluding carboxylic acids is 3. The summed E-state index contributed by atoms with van der Waals surface area (Å²) in [6, 6.07) is 0.